The molecule has 3 heteroatoms. The van der Waals surface area contributed by atoms with Crippen LogP contribution in [0.3, 0.4) is 0 Å². The van der Waals surface area contributed by atoms with Crippen LogP contribution in [0.25, 0.3) is 10.6 Å². The van der Waals surface area contributed by atoms with Gasteiger partial charge in [-0.2, -0.15) is 0 Å². The maximum Gasteiger partial charge on any atom is 0.124 e. The molecule has 17 heavy (non-hydrogen) atoms. The van der Waals surface area contributed by atoms with Crippen LogP contribution in [-0.4, -0.2) is 10.1 Å². The second kappa shape index (κ2) is 4.15. The maximum atomic E-state index is 9.50. The smallest absolute Gasteiger partial charge is 0.124 e. The van der Waals surface area contributed by atoms with Crippen molar-refractivity contribution in [2.75, 3.05) is 0 Å². The first-order valence-corrected chi connectivity index (χ1v) is 6.82. The summed E-state index contributed by atoms with van der Waals surface area (Å²) in [6.45, 7) is 2.30. The van der Waals surface area contributed by atoms with Crippen LogP contribution in [0, 0.1) is 5.92 Å². The second-order valence-corrected chi connectivity index (χ2v) is 5.87. The Morgan fingerprint density at radius 2 is 2.29 bits per heavy atom. The number of phenols is 1. The summed E-state index contributed by atoms with van der Waals surface area (Å²) < 4.78 is 0. The number of thiazole rings is 1. The van der Waals surface area contributed by atoms with E-state index in [-0.39, 0.29) is 0 Å². The Morgan fingerprint density at radius 3 is 3.12 bits per heavy atom. The van der Waals surface area contributed by atoms with E-state index in [1.807, 2.05) is 12.1 Å². The molecule has 0 spiro atoms. The van der Waals surface area contributed by atoms with E-state index in [1.165, 1.54) is 17.0 Å². The molecule has 1 aliphatic carbocycles. The summed E-state index contributed by atoms with van der Waals surface area (Å²) in [5.41, 5.74) is 2.29. The molecule has 1 unspecified atom stereocenters. The number of fused-ring (bicyclic) bond motifs is 1. The quantitative estimate of drug-likeness (QED) is 0.832. The Morgan fingerprint density at radius 1 is 1.41 bits per heavy atom. The lowest BCUT2D eigenvalue weighted by Gasteiger charge is -2.15. The lowest BCUT2D eigenvalue weighted by Crippen LogP contribution is -2.09. The molecule has 2 nitrogen and oxygen atoms in total. The number of benzene rings is 1. The molecule has 1 aliphatic rings. The molecule has 1 aromatic heterocycles. The Hall–Kier alpha value is -1.35. The first kappa shape index (κ1) is 10.8. The zero-order chi connectivity index (χ0) is 11.8. The summed E-state index contributed by atoms with van der Waals surface area (Å²) in [7, 11) is 0. The van der Waals surface area contributed by atoms with Gasteiger partial charge < -0.3 is 5.11 Å². The summed E-state index contributed by atoms with van der Waals surface area (Å²) >= 11 is 1.78. The van der Waals surface area contributed by atoms with Gasteiger partial charge in [-0.1, -0.05) is 19.1 Å². The fraction of sp³-hybridized carbons (Fsp3) is 0.357. The van der Waals surface area contributed by atoms with Crippen LogP contribution in [0.5, 0.6) is 5.75 Å². The normalized spacial score (nSPS) is 19.0. The summed E-state index contributed by atoms with van der Waals surface area (Å²) in [4.78, 5) is 6.14. The van der Waals surface area contributed by atoms with Crippen LogP contribution < -0.4 is 0 Å². The van der Waals surface area contributed by atoms with E-state index < -0.39 is 0 Å². The molecule has 0 saturated heterocycles. The van der Waals surface area contributed by atoms with Gasteiger partial charge in [-0.3, -0.25) is 0 Å². The average molecular weight is 245 g/mol. The highest BCUT2D eigenvalue weighted by atomic mass is 32.1. The molecule has 0 bridgehead atoms. The monoisotopic (exact) mass is 245 g/mol. The number of hydrogen-bond donors (Lipinski definition) is 1. The molecule has 2 aromatic rings. The number of aryl methyl sites for hydroxylation is 1. The third-order valence-corrected chi connectivity index (χ3v) is 4.45. The van der Waals surface area contributed by atoms with Gasteiger partial charge in [0.1, 0.15) is 10.8 Å². The van der Waals surface area contributed by atoms with Gasteiger partial charge in [-0.25, -0.2) is 4.98 Å². The SMILES string of the molecule is CC1CCc2nc(-c3cccc(O)c3)sc2C1. The predicted octanol–water partition coefficient (Wildman–Crippen LogP) is 3.64. The van der Waals surface area contributed by atoms with Crippen molar-refractivity contribution in [3.05, 3.63) is 34.8 Å². The van der Waals surface area contributed by atoms with Gasteiger partial charge >= 0.3 is 0 Å². The average Bonchev–Trinajstić information content (AvgIpc) is 2.72. The van der Waals surface area contributed by atoms with Crippen LogP contribution in [-0.2, 0) is 12.8 Å². The van der Waals surface area contributed by atoms with Gasteiger partial charge in [0.15, 0.2) is 0 Å². The predicted molar refractivity (Wildman–Crippen MR) is 70.4 cm³/mol. The zero-order valence-electron chi connectivity index (χ0n) is 9.81. The van der Waals surface area contributed by atoms with E-state index in [1.54, 1.807) is 23.5 Å². The third-order valence-electron chi connectivity index (χ3n) is 3.28. The number of phenolic OH excluding ortho intramolecular Hbond substituents is 1. The van der Waals surface area contributed by atoms with Crippen LogP contribution >= 0.6 is 11.3 Å². The first-order valence-electron chi connectivity index (χ1n) is 6.00. The molecule has 3 rings (SSSR count). The summed E-state index contributed by atoms with van der Waals surface area (Å²) in [6, 6.07) is 7.36. The molecule has 0 radical (unpaired) electrons. The number of nitrogens with zero attached hydrogens (tertiary/aromatic N) is 1. The number of aromatic hydroxyl groups is 1. The molecule has 1 atom stereocenters. The van der Waals surface area contributed by atoms with Gasteiger partial charge in [0, 0.05) is 10.4 Å². The highest BCUT2D eigenvalue weighted by Crippen LogP contribution is 2.35. The van der Waals surface area contributed by atoms with E-state index in [0.717, 1.165) is 29.3 Å². The molecular weight excluding hydrogens is 230 g/mol. The van der Waals surface area contributed by atoms with Crippen LogP contribution in [0.15, 0.2) is 24.3 Å². The Balaban J connectivity index is 2.00. The summed E-state index contributed by atoms with van der Waals surface area (Å²) in [5, 5.41) is 10.5. The molecule has 0 fully saturated rings. The summed E-state index contributed by atoms with van der Waals surface area (Å²) in [5.74, 6) is 1.09. The molecule has 1 heterocycles. The van der Waals surface area contributed by atoms with Crippen molar-refractivity contribution in [2.24, 2.45) is 5.92 Å². The minimum Gasteiger partial charge on any atom is -0.508 e. The van der Waals surface area contributed by atoms with Crippen LogP contribution in [0.2, 0.25) is 0 Å². The van der Waals surface area contributed by atoms with Crippen molar-refractivity contribution in [2.45, 2.75) is 26.2 Å². The van der Waals surface area contributed by atoms with Crippen LogP contribution in [0.1, 0.15) is 23.9 Å². The van der Waals surface area contributed by atoms with E-state index in [0.29, 0.717) is 5.75 Å². The molecule has 88 valence electrons. The van der Waals surface area contributed by atoms with Crippen molar-refractivity contribution in [3.63, 3.8) is 0 Å². The Labute approximate surface area is 105 Å². The third kappa shape index (κ3) is 2.07. The van der Waals surface area contributed by atoms with Crippen LogP contribution in [0.4, 0.5) is 0 Å². The summed E-state index contributed by atoms with van der Waals surface area (Å²) in [6.07, 6.45) is 3.51. The van der Waals surface area contributed by atoms with Gasteiger partial charge in [0.25, 0.3) is 0 Å². The van der Waals surface area contributed by atoms with Gasteiger partial charge in [-0.05, 0) is 37.3 Å². The van der Waals surface area contributed by atoms with Crippen molar-refractivity contribution < 1.29 is 5.11 Å². The van der Waals surface area contributed by atoms with Gasteiger partial charge in [0.05, 0.1) is 5.69 Å². The first-order chi connectivity index (χ1) is 8.22. The lowest BCUT2D eigenvalue weighted by atomic mass is 9.93. The largest absolute Gasteiger partial charge is 0.508 e. The standard InChI is InChI=1S/C14H15NOS/c1-9-5-6-12-13(7-9)17-14(15-12)10-3-2-4-11(16)8-10/h2-4,8-9,16H,5-7H2,1H3. The Bertz CT molecular complexity index is 547. The fourth-order valence-electron chi connectivity index (χ4n) is 2.30. The minimum atomic E-state index is 0.309. The second-order valence-electron chi connectivity index (χ2n) is 4.79. The van der Waals surface area contributed by atoms with Crippen molar-refractivity contribution >= 4 is 11.3 Å². The number of aromatic nitrogens is 1. The van der Waals surface area contributed by atoms with E-state index in [2.05, 4.69) is 6.92 Å². The van der Waals surface area contributed by atoms with E-state index in [4.69, 9.17) is 4.98 Å². The van der Waals surface area contributed by atoms with E-state index >= 15 is 0 Å². The zero-order valence-corrected chi connectivity index (χ0v) is 10.6. The lowest BCUT2D eigenvalue weighted by molar-refractivity contribution is 0.475. The number of rotatable bonds is 1. The van der Waals surface area contributed by atoms with Gasteiger partial charge in [-0.15, -0.1) is 11.3 Å². The molecular formula is C14H15NOS. The van der Waals surface area contributed by atoms with Gasteiger partial charge in [0.2, 0.25) is 0 Å². The number of hydrogen-bond acceptors (Lipinski definition) is 3. The fourth-order valence-corrected chi connectivity index (χ4v) is 3.57. The molecule has 0 amide bonds. The van der Waals surface area contributed by atoms with Crippen molar-refractivity contribution in [1.29, 1.82) is 0 Å². The highest BCUT2D eigenvalue weighted by molar-refractivity contribution is 7.15. The molecule has 0 aliphatic heterocycles. The highest BCUT2D eigenvalue weighted by Gasteiger charge is 2.20. The topological polar surface area (TPSA) is 33.1 Å². The minimum absolute atomic E-state index is 0.309. The maximum absolute atomic E-state index is 9.50. The molecule has 0 saturated carbocycles. The molecule has 1 aromatic carbocycles. The van der Waals surface area contributed by atoms with Crippen molar-refractivity contribution in [1.82, 2.24) is 4.98 Å². The van der Waals surface area contributed by atoms with E-state index in [9.17, 15) is 5.11 Å². The molecule has 1 N–H and O–H groups in total. The van der Waals surface area contributed by atoms with Crippen molar-refractivity contribution in [3.8, 4) is 16.3 Å². The Kier molecular flexibility index (Phi) is 2.63.